The summed E-state index contributed by atoms with van der Waals surface area (Å²) in [6.45, 7) is 0.798. The first-order valence-electron chi connectivity index (χ1n) is 8.17. The maximum Gasteiger partial charge on any atom is 0.221 e. The van der Waals surface area contributed by atoms with Crippen LogP contribution in [-0.2, 0) is 13.1 Å². The minimum Gasteiger partial charge on any atom is -0.494 e. The highest BCUT2D eigenvalue weighted by molar-refractivity contribution is 6.40. The number of benzene rings is 1. The lowest BCUT2D eigenvalue weighted by Crippen LogP contribution is -2.12. The molecule has 10 nitrogen and oxygen atoms in total. The Morgan fingerprint density at radius 1 is 1.33 bits per heavy atom. The summed E-state index contributed by atoms with van der Waals surface area (Å²) in [5.41, 5.74) is 7.99. The summed E-state index contributed by atoms with van der Waals surface area (Å²) in [5, 5.41) is 17.7. The minimum atomic E-state index is 0.0278. The van der Waals surface area contributed by atoms with Gasteiger partial charge in [0.1, 0.15) is 22.7 Å². The zero-order valence-electron chi connectivity index (χ0n) is 14.8. The number of nitrogens with two attached hydrogens (primary N) is 2. The van der Waals surface area contributed by atoms with Crippen molar-refractivity contribution in [1.82, 2.24) is 19.7 Å². The van der Waals surface area contributed by atoms with Gasteiger partial charge in [-0.15, -0.1) is 0 Å². The Hall–Kier alpha value is -3.53. The average molecular weight is 368 g/mol. The number of methoxy groups -OCH3 is 1. The normalized spacial score (nSPS) is 12.1. The molecule has 0 bridgehead atoms. The Morgan fingerprint density at radius 3 is 2.93 bits per heavy atom. The van der Waals surface area contributed by atoms with E-state index in [0.29, 0.717) is 41.1 Å². The Morgan fingerprint density at radius 2 is 2.19 bits per heavy atom. The highest BCUT2D eigenvalue weighted by Gasteiger charge is 2.14. The molecule has 0 saturated carbocycles. The van der Waals surface area contributed by atoms with Gasteiger partial charge in [-0.05, 0) is 12.1 Å². The molecule has 1 aromatic carbocycles. The molecule has 0 radical (unpaired) electrons. The van der Waals surface area contributed by atoms with Gasteiger partial charge in [-0.3, -0.25) is 9.67 Å². The summed E-state index contributed by atoms with van der Waals surface area (Å²) >= 11 is 0. The number of nitrogen functional groups attached to an aromatic ring is 1. The Labute approximate surface area is 155 Å². The lowest BCUT2D eigenvalue weighted by molar-refractivity contribution is 0.269. The molecule has 3 aromatic rings. The van der Waals surface area contributed by atoms with Crippen LogP contribution in [0.15, 0.2) is 40.6 Å². The first kappa shape index (κ1) is 18.3. The predicted molar refractivity (Wildman–Crippen MR) is 103 cm³/mol. The maximum atomic E-state index is 8.93. The van der Waals surface area contributed by atoms with Crippen LogP contribution in [0.4, 0.5) is 5.95 Å². The second-order valence-electron chi connectivity index (χ2n) is 5.56. The number of nitrogens with zero attached hydrogens (tertiary/aromatic N) is 6. The molecule has 0 aliphatic heterocycles. The van der Waals surface area contributed by atoms with Gasteiger partial charge in [-0.2, -0.15) is 10.2 Å². The van der Waals surface area contributed by atoms with Crippen LogP contribution in [0.3, 0.4) is 0 Å². The molecular weight excluding hydrogens is 348 g/mol. The highest BCUT2D eigenvalue weighted by atomic mass is 16.5. The molecule has 0 aliphatic carbocycles. The maximum absolute atomic E-state index is 8.93. The number of hydrogen-bond donors (Lipinski definition) is 3. The first-order chi connectivity index (χ1) is 13.2. The topological polar surface area (TPSA) is 150 Å². The summed E-state index contributed by atoms with van der Waals surface area (Å²) in [4.78, 5) is 12.8. The number of aliphatic hydroxyl groups is 1. The van der Waals surface area contributed by atoms with Crippen molar-refractivity contribution in [2.75, 3.05) is 19.5 Å². The lowest BCUT2D eigenvalue weighted by atomic mass is 10.1. The molecule has 2 heterocycles. The van der Waals surface area contributed by atoms with Gasteiger partial charge in [0.2, 0.25) is 5.95 Å². The van der Waals surface area contributed by atoms with Gasteiger partial charge in [0.15, 0.2) is 0 Å². The zero-order valence-corrected chi connectivity index (χ0v) is 14.8. The van der Waals surface area contributed by atoms with Crippen molar-refractivity contribution in [3.8, 4) is 5.75 Å². The van der Waals surface area contributed by atoms with E-state index in [4.69, 9.17) is 21.4 Å². The molecule has 140 valence electrons. The molecule has 27 heavy (non-hydrogen) atoms. The van der Waals surface area contributed by atoms with Gasteiger partial charge in [0.25, 0.3) is 0 Å². The van der Waals surface area contributed by atoms with Crippen molar-refractivity contribution in [3.05, 3.63) is 41.9 Å². The number of fused-ring (bicyclic) bond motifs is 1. The van der Waals surface area contributed by atoms with Crippen molar-refractivity contribution in [1.29, 1.82) is 0 Å². The van der Waals surface area contributed by atoms with E-state index in [-0.39, 0.29) is 12.6 Å². The minimum absolute atomic E-state index is 0.0278. The largest absolute Gasteiger partial charge is 0.494 e. The van der Waals surface area contributed by atoms with E-state index < -0.39 is 0 Å². The van der Waals surface area contributed by atoms with Crippen molar-refractivity contribution in [3.63, 3.8) is 0 Å². The number of aliphatic hydroxyl groups excluding tert-OH is 1. The summed E-state index contributed by atoms with van der Waals surface area (Å²) in [6.07, 6.45) is 3.30. The number of ether oxygens (including phenoxy) is 1. The van der Waals surface area contributed by atoms with E-state index in [9.17, 15) is 0 Å². The van der Waals surface area contributed by atoms with E-state index >= 15 is 0 Å². The number of para-hydroxylation sites is 1. The van der Waals surface area contributed by atoms with E-state index in [0.717, 1.165) is 5.69 Å². The summed E-state index contributed by atoms with van der Waals surface area (Å²) < 4.78 is 6.98. The second kappa shape index (κ2) is 8.23. The standard InChI is InChI=1S/C17H20N8O2/c1-27-14-4-2-3-12-15(21-17(18)22-16(12)14)13(23-19)10-20-9-11-5-6-25(24-11)7-8-26/h2-6,10,26H,7-9,19H2,1H3,(H2,18,21,22). The molecule has 0 saturated heterocycles. The molecule has 0 spiro atoms. The summed E-state index contributed by atoms with van der Waals surface area (Å²) in [5.74, 6) is 6.21. The van der Waals surface area contributed by atoms with Crippen LogP contribution in [0.25, 0.3) is 10.9 Å². The van der Waals surface area contributed by atoms with Gasteiger partial charge in [-0.25, -0.2) is 9.97 Å². The van der Waals surface area contributed by atoms with Gasteiger partial charge >= 0.3 is 0 Å². The Balaban J connectivity index is 1.89. The Kier molecular flexibility index (Phi) is 5.57. The monoisotopic (exact) mass is 368 g/mol. The summed E-state index contributed by atoms with van der Waals surface area (Å²) in [6, 6.07) is 7.27. The lowest BCUT2D eigenvalue weighted by Gasteiger charge is -2.09. The number of hydrazone groups is 1. The van der Waals surface area contributed by atoms with Crippen molar-refractivity contribution >= 4 is 28.8 Å². The van der Waals surface area contributed by atoms with Gasteiger partial charge in [-0.1, -0.05) is 12.1 Å². The summed E-state index contributed by atoms with van der Waals surface area (Å²) in [7, 11) is 1.56. The molecule has 0 atom stereocenters. The number of hydrogen-bond acceptors (Lipinski definition) is 9. The number of aromatic nitrogens is 4. The fraction of sp³-hybridized carbons (Fsp3) is 0.235. The fourth-order valence-electron chi connectivity index (χ4n) is 2.60. The highest BCUT2D eigenvalue weighted by Crippen LogP contribution is 2.26. The van der Waals surface area contributed by atoms with Crippen LogP contribution in [0.5, 0.6) is 5.75 Å². The molecule has 5 N–H and O–H groups in total. The van der Waals surface area contributed by atoms with Crippen LogP contribution >= 0.6 is 0 Å². The third-order valence-electron chi connectivity index (χ3n) is 3.80. The SMILES string of the molecule is COc1cccc2c(C(C=NCc3ccn(CCO)n3)=NN)nc(N)nc12. The van der Waals surface area contributed by atoms with E-state index in [2.05, 4.69) is 25.2 Å². The van der Waals surface area contributed by atoms with E-state index in [1.165, 1.54) is 6.21 Å². The molecule has 0 aliphatic rings. The van der Waals surface area contributed by atoms with Crippen LogP contribution in [0.2, 0.25) is 0 Å². The molecule has 3 rings (SSSR count). The Bertz CT molecular complexity index is 996. The second-order valence-corrected chi connectivity index (χ2v) is 5.56. The third-order valence-corrected chi connectivity index (χ3v) is 3.80. The predicted octanol–water partition coefficient (Wildman–Crippen LogP) is 0.343. The smallest absolute Gasteiger partial charge is 0.221 e. The first-order valence-corrected chi connectivity index (χ1v) is 8.17. The van der Waals surface area contributed by atoms with Gasteiger partial charge in [0, 0.05) is 11.6 Å². The molecular formula is C17H20N8O2. The van der Waals surface area contributed by atoms with E-state index in [1.807, 2.05) is 18.2 Å². The van der Waals surface area contributed by atoms with Crippen LogP contribution < -0.4 is 16.3 Å². The van der Waals surface area contributed by atoms with Gasteiger partial charge < -0.3 is 21.4 Å². The number of rotatable bonds is 7. The average Bonchev–Trinajstić information content (AvgIpc) is 3.12. The molecule has 10 heteroatoms. The van der Waals surface area contributed by atoms with Crippen molar-refractivity contribution in [2.45, 2.75) is 13.1 Å². The van der Waals surface area contributed by atoms with Crippen molar-refractivity contribution in [2.24, 2.45) is 15.9 Å². The fourth-order valence-corrected chi connectivity index (χ4v) is 2.60. The number of aliphatic imine (C=N–C) groups is 1. The third kappa shape index (κ3) is 4.01. The molecule has 0 unspecified atom stereocenters. The van der Waals surface area contributed by atoms with Crippen molar-refractivity contribution < 1.29 is 9.84 Å². The van der Waals surface area contributed by atoms with Crippen LogP contribution in [0, 0.1) is 0 Å². The molecule has 0 amide bonds. The van der Waals surface area contributed by atoms with E-state index in [1.54, 1.807) is 24.1 Å². The van der Waals surface area contributed by atoms with Crippen LogP contribution in [-0.4, -0.2) is 50.5 Å². The molecule has 2 aromatic heterocycles. The zero-order chi connectivity index (χ0) is 19.2. The van der Waals surface area contributed by atoms with Gasteiger partial charge in [0.05, 0.1) is 38.7 Å². The quantitative estimate of drug-likeness (QED) is 0.309. The number of anilines is 1. The molecule has 0 fully saturated rings. The van der Waals surface area contributed by atoms with Crippen LogP contribution in [0.1, 0.15) is 11.4 Å².